The van der Waals surface area contributed by atoms with E-state index in [1.807, 2.05) is 6.07 Å². The fraction of sp³-hybridized carbons (Fsp3) is 0.417. The fourth-order valence-corrected chi connectivity index (χ4v) is 3.22. The minimum absolute atomic E-state index is 0.509. The van der Waals surface area contributed by atoms with Crippen molar-refractivity contribution >= 4 is 31.9 Å². The highest BCUT2D eigenvalue weighted by Gasteiger charge is 2.17. The minimum atomic E-state index is 0.509. The van der Waals surface area contributed by atoms with Crippen molar-refractivity contribution in [1.82, 2.24) is 25.3 Å². The van der Waals surface area contributed by atoms with Gasteiger partial charge in [-0.1, -0.05) is 5.16 Å². The molecule has 0 aliphatic carbocycles. The predicted molar refractivity (Wildman–Crippen MR) is 81.1 cm³/mol. The van der Waals surface area contributed by atoms with Crippen LogP contribution < -0.4 is 5.32 Å². The molecule has 1 aliphatic heterocycles. The number of nitrogens with zero attached hydrogens (tertiary/aromatic N) is 4. The van der Waals surface area contributed by atoms with E-state index in [1.165, 1.54) is 0 Å². The van der Waals surface area contributed by atoms with Crippen LogP contribution >= 0.6 is 31.9 Å². The van der Waals surface area contributed by atoms with Gasteiger partial charge in [-0.2, -0.15) is 4.98 Å². The van der Waals surface area contributed by atoms with Crippen LogP contribution in [0.3, 0.4) is 0 Å². The molecule has 106 valence electrons. The maximum atomic E-state index is 5.31. The van der Waals surface area contributed by atoms with Crippen LogP contribution in [0.25, 0.3) is 11.5 Å². The molecular formula is C12H13Br2N5O. The Morgan fingerprint density at radius 3 is 2.85 bits per heavy atom. The molecule has 2 aromatic rings. The van der Waals surface area contributed by atoms with Gasteiger partial charge in [0.25, 0.3) is 0 Å². The normalized spacial score (nSPS) is 16.5. The Kier molecular flexibility index (Phi) is 4.45. The molecule has 6 nitrogen and oxygen atoms in total. The molecule has 0 unspecified atom stereocenters. The van der Waals surface area contributed by atoms with E-state index in [-0.39, 0.29) is 0 Å². The lowest BCUT2D eigenvalue weighted by atomic mass is 10.3. The summed E-state index contributed by atoms with van der Waals surface area (Å²) >= 11 is 6.83. The quantitative estimate of drug-likeness (QED) is 0.847. The standard InChI is InChI=1S/C12H13Br2N5O/c13-8-5-9(14)11(16-6-8)12-17-10(20-18-12)7-19-3-1-15-2-4-19/h5-6,15H,1-4,7H2. The maximum absolute atomic E-state index is 5.31. The molecule has 2 aromatic heterocycles. The summed E-state index contributed by atoms with van der Waals surface area (Å²) in [6.45, 7) is 4.68. The smallest absolute Gasteiger partial charge is 0.241 e. The van der Waals surface area contributed by atoms with Crippen LogP contribution in [0.1, 0.15) is 5.89 Å². The topological polar surface area (TPSA) is 67.1 Å². The van der Waals surface area contributed by atoms with Gasteiger partial charge in [-0.3, -0.25) is 9.88 Å². The lowest BCUT2D eigenvalue weighted by molar-refractivity contribution is 0.203. The molecule has 8 heteroatoms. The van der Waals surface area contributed by atoms with Crippen molar-refractivity contribution in [2.24, 2.45) is 0 Å². The molecule has 20 heavy (non-hydrogen) atoms. The molecule has 1 aliphatic rings. The molecule has 0 aromatic carbocycles. The average molecular weight is 403 g/mol. The molecule has 0 radical (unpaired) electrons. The summed E-state index contributed by atoms with van der Waals surface area (Å²) in [5, 5.41) is 7.32. The Morgan fingerprint density at radius 2 is 2.10 bits per heavy atom. The van der Waals surface area contributed by atoms with Gasteiger partial charge >= 0.3 is 0 Å². The van der Waals surface area contributed by atoms with Crippen molar-refractivity contribution in [3.8, 4) is 11.5 Å². The van der Waals surface area contributed by atoms with Crippen LogP contribution in [0.4, 0.5) is 0 Å². The van der Waals surface area contributed by atoms with Crippen LogP contribution in [0.5, 0.6) is 0 Å². The van der Waals surface area contributed by atoms with Crippen molar-refractivity contribution in [2.75, 3.05) is 26.2 Å². The van der Waals surface area contributed by atoms with Gasteiger partial charge in [-0.15, -0.1) is 0 Å². The van der Waals surface area contributed by atoms with Crippen molar-refractivity contribution < 1.29 is 4.52 Å². The lowest BCUT2D eigenvalue weighted by Crippen LogP contribution is -2.42. The van der Waals surface area contributed by atoms with Crippen LogP contribution in [0.2, 0.25) is 0 Å². The largest absolute Gasteiger partial charge is 0.337 e. The van der Waals surface area contributed by atoms with Gasteiger partial charge in [0.15, 0.2) is 0 Å². The number of hydrogen-bond donors (Lipinski definition) is 1. The first-order chi connectivity index (χ1) is 9.72. The Labute approximate surface area is 133 Å². The number of halogens is 2. The van der Waals surface area contributed by atoms with Gasteiger partial charge in [-0.25, -0.2) is 0 Å². The van der Waals surface area contributed by atoms with Gasteiger partial charge in [-0.05, 0) is 37.9 Å². The number of hydrogen-bond acceptors (Lipinski definition) is 6. The van der Waals surface area contributed by atoms with Crippen molar-refractivity contribution in [3.63, 3.8) is 0 Å². The zero-order chi connectivity index (χ0) is 13.9. The first kappa shape index (κ1) is 14.1. The average Bonchev–Trinajstić information content (AvgIpc) is 2.88. The molecule has 1 fully saturated rings. The van der Waals surface area contributed by atoms with Gasteiger partial charge < -0.3 is 9.84 Å². The summed E-state index contributed by atoms with van der Waals surface area (Å²) in [6, 6.07) is 1.91. The van der Waals surface area contributed by atoms with Crippen LogP contribution in [0.15, 0.2) is 25.7 Å². The summed E-state index contributed by atoms with van der Waals surface area (Å²) < 4.78 is 7.05. The molecule has 0 bridgehead atoms. The van der Waals surface area contributed by atoms with Crippen molar-refractivity contribution in [3.05, 3.63) is 27.1 Å². The third-order valence-electron chi connectivity index (χ3n) is 3.06. The van der Waals surface area contributed by atoms with Gasteiger partial charge in [0.2, 0.25) is 11.7 Å². The third-order valence-corrected chi connectivity index (χ3v) is 4.09. The third kappa shape index (κ3) is 3.25. The van der Waals surface area contributed by atoms with Crippen LogP contribution in [0, 0.1) is 0 Å². The highest BCUT2D eigenvalue weighted by Crippen LogP contribution is 2.26. The highest BCUT2D eigenvalue weighted by atomic mass is 79.9. The summed E-state index contributed by atoms with van der Waals surface area (Å²) in [6.07, 6.45) is 1.71. The van der Waals surface area contributed by atoms with Crippen LogP contribution in [-0.2, 0) is 6.54 Å². The maximum Gasteiger partial charge on any atom is 0.241 e. The molecule has 0 saturated carbocycles. The van der Waals surface area contributed by atoms with Crippen molar-refractivity contribution in [2.45, 2.75) is 6.54 Å². The predicted octanol–water partition coefficient (Wildman–Crippen LogP) is 2.06. The molecule has 3 rings (SSSR count). The number of piperazine rings is 1. The van der Waals surface area contributed by atoms with E-state index < -0.39 is 0 Å². The number of pyridine rings is 1. The summed E-state index contributed by atoms with van der Waals surface area (Å²) in [7, 11) is 0. The van der Waals surface area contributed by atoms with Crippen LogP contribution in [-0.4, -0.2) is 46.2 Å². The van der Waals surface area contributed by atoms with Gasteiger partial charge in [0.1, 0.15) is 5.69 Å². The zero-order valence-electron chi connectivity index (χ0n) is 10.6. The minimum Gasteiger partial charge on any atom is -0.337 e. The summed E-state index contributed by atoms with van der Waals surface area (Å²) in [4.78, 5) is 11.0. The first-order valence-corrected chi connectivity index (χ1v) is 7.88. The van der Waals surface area contributed by atoms with Crippen molar-refractivity contribution in [1.29, 1.82) is 0 Å². The molecule has 3 heterocycles. The van der Waals surface area contributed by atoms with Gasteiger partial charge in [0.05, 0.1) is 6.54 Å². The number of aromatic nitrogens is 3. The van der Waals surface area contributed by atoms with E-state index in [9.17, 15) is 0 Å². The second kappa shape index (κ2) is 6.30. The van der Waals surface area contributed by atoms with E-state index in [0.29, 0.717) is 24.0 Å². The van der Waals surface area contributed by atoms with E-state index >= 15 is 0 Å². The van der Waals surface area contributed by atoms with E-state index in [2.05, 4.69) is 57.2 Å². The molecule has 1 saturated heterocycles. The Balaban J connectivity index is 1.75. The molecule has 1 N–H and O–H groups in total. The number of nitrogens with one attached hydrogen (secondary N) is 1. The summed E-state index contributed by atoms with van der Waals surface area (Å²) in [5.41, 5.74) is 0.684. The SMILES string of the molecule is Brc1cnc(-c2noc(CN3CCNCC3)n2)c(Br)c1. The van der Waals surface area contributed by atoms with E-state index in [0.717, 1.165) is 35.1 Å². The Morgan fingerprint density at radius 1 is 1.30 bits per heavy atom. The second-order valence-electron chi connectivity index (χ2n) is 4.52. The van der Waals surface area contributed by atoms with Gasteiger partial charge in [0, 0.05) is 41.3 Å². The zero-order valence-corrected chi connectivity index (χ0v) is 13.8. The molecule has 0 amide bonds. The van der Waals surface area contributed by atoms with E-state index in [4.69, 9.17) is 4.52 Å². The summed E-state index contributed by atoms with van der Waals surface area (Å²) in [5.74, 6) is 1.13. The second-order valence-corrected chi connectivity index (χ2v) is 6.29. The van der Waals surface area contributed by atoms with E-state index in [1.54, 1.807) is 6.20 Å². The molecule has 0 atom stereocenters. The fourth-order valence-electron chi connectivity index (χ4n) is 2.05. The molecular weight excluding hydrogens is 390 g/mol. The Hall–Kier alpha value is -0.830. The lowest BCUT2D eigenvalue weighted by Gasteiger charge is -2.25. The Bertz CT molecular complexity index is 597. The monoisotopic (exact) mass is 401 g/mol. The first-order valence-electron chi connectivity index (χ1n) is 6.29. The highest BCUT2D eigenvalue weighted by molar-refractivity contribution is 9.11. The molecule has 0 spiro atoms. The number of rotatable bonds is 3.